The summed E-state index contributed by atoms with van der Waals surface area (Å²) in [6, 6.07) is 16.4. The van der Waals surface area contributed by atoms with Crippen LogP contribution >= 0.6 is 11.3 Å². The van der Waals surface area contributed by atoms with E-state index in [-0.39, 0.29) is 37.1 Å². The van der Waals surface area contributed by atoms with E-state index < -0.39 is 11.6 Å². The smallest absolute Gasteiger partial charge is 0.273 e. The van der Waals surface area contributed by atoms with Crippen LogP contribution in [0.5, 0.6) is 0 Å². The lowest BCUT2D eigenvalue weighted by atomic mass is 9.94. The molecule has 1 N–H and O–H groups in total. The molecule has 3 heterocycles. The second-order valence-electron chi connectivity index (χ2n) is 8.49. The van der Waals surface area contributed by atoms with Gasteiger partial charge in [0, 0.05) is 25.3 Å². The number of fused-ring (bicyclic) bond motifs is 3. The van der Waals surface area contributed by atoms with Gasteiger partial charge in [0.25, 0.3) is 11.8 Å². The molecule has 8 nitrogen and oxygen atoms in total. The first-order valence-corrected chi connectivity index (χ1v) is 11.7. The van der Waals surface area contributed by atoms with E-state index in [0.717, 1.165) is 10.6 Å². The van der Waals surface area contributed by atoms with Crippen molar-refractivity contribution in [3.8, 4) is 0 Å². The van der Waals surface area contributed by atoms with Crippen LogP contribution in [0.1, 0.15) is 53.5 Å². The molecule has 0 unspecified atom stereocenters. The van der Waals surface area contributed by atoms with Gasteiger partial charge in [-0.05, 0) is 17.7 Å². The second-order valence-corrected chi connectivity index (χ2v) is 9.50. The molecule has 3 aromatic rings. The van der Waals surface area contributed by atoms with Crippen molar-refractivity contribution in [1.29, 1.82) is 0 Å². The summed E-state index contributed by atoms with van der Waals surface area (Å²) in [5.74, 6) is -0.758. The molecule has 0 bridgehead atoms. The van der Waals surface area contributed by atoms with Crippen molar-refractivity contribution in [2.75, 3.05) is 10.2 Å². The molecular weight excluding hydrogens is 438 g/mol. The van der Waals surface area contributed by atoms with Gasteiger partial charge in [-0.3, -0.25) is 24.6 Å². The molecule has 9 heteroatoms. The first kappa shape index (κ1) is 21.3. The molecule has 5 rings (SSSR count). The summed E-state index contributed by atoms with van der Waals surface area (Å²) >= 11 is 1.30. The van der Waals surface area contributed by atoms with Crippen LogP contribution in [0.15, 0.2) is 54.6 Å². The van der Waals surface area contributed by atoms with E-state index in [1.807, 2.05) is 44.2 Å². The number of carbonyl (C=O) groups is 3. The molecule has 0 aliphatic carbocycles. The Morgan fingerprint density at radius 3 is 2.55 bits per heavy atom. The van der Waals surface area contributed by atoms with Crippen molar-refractivity contribution >= 4 is 39.9 Å². The van der Waals surface area contributed by atoms with Gasteiger partial charge < -0.3 is 4.90 Å². The highest BCUT2D eigenvalue weighted by Gasteiger charge is 2.60. The molecule has 0 radical (unpaired) electrons. The normalized spacial score (nSPS) is 19.6. The molecule has 1 fully saturated rings. The summed E-state index contributed by atoms with van der Waals surface area (Å²) in [6.45, 7) is 4.19. The van der Waals surface area contributed by atoms with Gasteiger partial charge in [0.15, 0.2) is 0 Å². The Morgan fingerprint density at radius 1 is 1.09 bits per heavy atom. The van der Waals surface area contributed by atoms with E-state index in [1.54, 1.807) is 24.3 Å². The number of hydrogen-bond acceptors (Lipinski definition) is 6. The Labute approximate surface area is 195 Å². The van der Waals surface area contributed by atoms with Crippen LogP contribution in [0.3, 0.4) is 0 Å². The molecule has 2 aliphatic heterocycles. The highest BCUT2D eigenvalue weighted by atomic mass is 32.1. The molecule has 2 aliphatic rings. The Hall–Kier alpha value is -3.59. The van der Waals surface area contributed by atoms with E-state index in [2.05, 4.69) is 15.5 Å². The Kier molecular flexibility index (Phi) is 5.20. The first-order valence-electron chi connectivity index (χ1n) is 10.8. The Balaban J connectivity index is 1.61. The first-order chi connectivity index (χ1) is 15.9. The number of para-hydroxylation sites is 1. The molecule has 168 valence electrons. The van der Waals surface area contributed by atoms with Crippen LogP contribution in [0.4, 0.5) is 10.8 Å². The van der Waals surface area contributed by atoms with Crippen LogP contribution in [0, 0.1) is 0 Å². The summed E-state index contributed by atoms with van der Waals surface area (Å²) in [4.78, 5) is 43.7. The number of nitrogens with one attached hydrogen (secondary N) is 1. The highest BCUT2D eigenvalue weighted by Crippen LogP contribution is 2.45. The zero-order valence-corrected chi connectivity index (χ0v) is 19.1. The van der Waals surface area contributed by atoms with Crippen molar-refractivity contribution in [1.82, 2.24) is 15.1 Å². The van der Waals surface area contributed by atoms with Gasteiger partial charge in [-0.1, -0.05) is 67.6 Å². The fourth-order valence-electron chi connectivity index (χ4n) is 4.49. The monoisotopic (exact) mass is 461 g/mol. The largest absolute Gasteiger partial charge is 0.302 e. The number of anilines is 2. The third-order valence-corrected chi connectivity index (χ3v) is 7.22. The van der Waals surface area contributed by atoms with E-state index in [1.165, 1.54) is 21.1 Å². The van der Waals surface area contributed by atoms with Crippen LogP contribution in [-0.4, -0.2) is 38.5 Å². The fourth-order valence-corrected chi connectivity index (χ4v) is 5.23. The predicted octanol–water partition coefficient (Wildman–Crippen LogP) is 3.78. The quantitative estimate of drug-likeness (QED) is 0.624. The molecule has 1 atom stereocenters. The number of amides is 3. The molecule has 3 amide bonds. The van der Waals surface area contributed by atoms with E-state index >= 15 is 0 Å². The van der Waals surface area contributed by atoms with Crippen molar-refractivity contribution in [2.45, 2.75) is 44.8 Å². The van der Waals surface area contributed by atoms with Gasteiger partial charge in [0.2, 0.25) is 16.7 Å². The Bertz CT molecular complexity index is 1240. The topological polar surface area (TPSA) is 95.5 Å². The maximum atomic E-state index is 13.9. The van der Waals surface area contributed by atoms with E-state index in [4.69, 9.17) is 0 Å². The lowest BCUT2D eigenvalue weighted by molar-refractivity contribution is -0.129. The number of nitrogens with zero attached hydrogens (tertiary/aromatic N) is 4. The van der Waals surface area contributed by atoms with Gasteiger partial charge in [-0.2, -0.15) is 0 Å². The third-order valence-electron chi connectivity index (χ3n) is 6.08. The molecule has 1 aromatic heterocycles. The molecule has 0 saturated carbocycles. The van der Waals surface area contributed by atoms with Gasteiger partial charge >= 0.3 is 0 Å². The second kappa shape index (κ2) is 8.08. The predicted molar refractivity (Wildman–Crippen MR) is 125 cm³/mol. The maximum Gasteiger partial charge on any atom is 0.273 e. The molecule has 1 saturated heterocycles. The number of carbonyl (C=O) groups excluding carboxylic acids is 3. The minimum absolute atomic E-state index is 0.160. The lowest BCUT2D eigenvalue weighted by Gasteiger charge is -2.49. The molecular formula is C24H23N5O3S. The molecule has 33 heavy (non-hydrogen) atoms. The van der Waals surface area contributed by atoms with Gasteiger partial charge in [0.05, 0.1) is 11.3 Å². The summed E-state index contributed by atoms with van der Waals surface area (Å²) in [6.07, 6.45) is 0.355. The SMILES string of the molecule is CC(C)c1nnc(NC(=O)[C@@]23CCC(=O)N2c2ccccc2C(=O)N3Cc2ccccc2)s1. The number of rotatable bonds is 5. The summed E-state index contributed by atoms with van der Waals surface area (Å²) < 4.78 is 0. The van der Waals surface area contributed by atoms with Crippen LogP contribution < -0.4 is 10.2 Å². The molecule has 2 aromatic carbocycles. The van der Waals surface area contributed by atoms with Gasteiger partial charge in [-0.25, -0.2) is 0 Å². The average Bonchev–Trinajstić information content (AvgIpc) is 3.43. The third kappa shape index (κ3) is 3.39. The van der Waals surface area contributed by atoms with Gasteiger partial charge in [0.1, 0.15) is 5.01 Å². The van der Waals surface area contributed by atoms with E-state index in [0.29, 0.717) is 16.4 Å². The van der Waals surface area contributed by atoms with Crippen LogP contribution in [-0.2, 0) is 16.1 Å². The van der Waals surface area contributed by atoms with Crippen molar-refractivity contribution in [2.24, 2.45) is 0 Å². The molecule has 0 spiro atoms. The van der Waals surface area contributed by atoms with Crippen LogP contribution in [0.25, 0.3) is 0 Å². The van der Waals surface area contributed by atoms with Crippen molar-refractivity contribution in [3.63, 3.8) is 0 Å². The fraction of sp³-hybridized carbons (Fsp3) is 0.292. The van der Waals surface area contributed by atoms with Crippen LogP contribution in [0.2, 0.25) is 0 Å². The zero-order chi connectivity index (χ0) is 23.2. The number of benzene rings is 2. The minimum atomic E-state index is -1.48. The summed E-state index contributed by atoms with van der Waals surface area (Å²) in [5.41, 5.74) is 0.256. The average molecular weight is 462 g/mol. The van der Waals surface area contributed by atoms with Gasteiger partial charge in [-0.15, -0.1) is 10.2 Å². The van der Waals surface area contributed by atoms with E-state index in [9.17, 15) is 14.4 Å². The zero-order valence-electron chi connectivity index (χ0n) is 18.3. The summed E-state index contributed by atoms with van der Waals surface area (Å²) in [7, 11) is 0. The van der Waals surface area contributed by atoms with Crippen molar-refractivity contribution in [3.05, 3.63) is 70.7 Å². The standard InChI is InChI=1S/C24H23N5O3S/c1-15(2)20-26-27-23(33-20)25-22(32)24-13-12-19(30)29(24)18-11-7-6-10-17(18)21(31)28(24)14-16-8-4-3-5-9-16/h3-11,15H,12-14H2,1-2H3,(H,25,27,32)/t24-/m1/s1. The summed E-state index contributed by atoms with van der Waals surface area (Å²) in [5, 5.41) is 12.3. The van der Waals surface area contributed by atoms with Crippen molar-refractivity contribution < 1.29 is 14.4 Å². The number of hydrogen-bond donors (Lipinski definition) is 1. The highest BCUT2D eigenvalue weighted by molar-refractivity contribution is 7.15. The minimum Gasteiger partial charge on any atom is -0.302 e. The Morgan fingerprint density at radius 2 is 1.82 bits per heavy atom. The maximum absolute atomic E-state index is 13.9. The number of aromatic nitrogens is 2. The lowest BCUT2D eigenvalue weighted by Crippen LogP contribution is -2.69.